The normalized spacial score (nSPS) is 12.8. The minimum absolute atomic E-state index is 0.0677. The van der Waals surface area contributed by atoms with Crippen LogP contribution in [0, 0.1) is 0 Å². The quantitative estimate of drug-likeness (QED) is 0.0749. The predicted molar refractivity (Wildman–Crippen MR) is 146 cm³/mol. The van der Waals surface area contributed by atoms with Crippen molar-refractivity contribution in [2.24, 2.45) is 5.73 Å². The number of thiocarbonyl (C=S) groups is 1. The summed E-state index contributed by atoms with van der Waals surface area (Å²) in [4.78, 5) is 7.36. The molecule has 0 saturated heterocycles. The van der Waals surface area contributed by atoms with E-state index in [2.05, 4.69) is 15.3 Å². The molecule has 0 spiro atoms. The Bertz CT molecular complexity index is 1400. The average Bonchev–Trinajstić information content (AvgIpc) is 3.38. The molecule has 0 radical (unpaired) electrons. The Morgan fingerprint density at radius 1 is 1.10 bits per heavy atom. The van der Waals surface area contributed by atoms with E-state index in [0.29, 0.717) is 29.7 Å². The molecule has 3 rings (SSSR count). The van der Waals surface area contributed by atoms with Gasteiger partial charge in [0, 0.05) is 24.9 Å². The number of benzene rings is 2. The highest BCUT2D eigenvalue weighted by Gasteiger charge is 2.33. The van der Waals surface area contributed by atoms with Gasteiger partial charge in [-0.1, -0.05) is 13.3 Å². The van der Waals surface area contributed by atoms with Crippen LogP contribution < -0.4 is 26.4 Å². The minimum atomic E-state index is -4.59. The minimum Gasteiger partial charge on any atom is -0.458 e. The molecule has 14 heteroatoms. The van der Waals surface area contributed by atoms with Crippen LogP contribution in [0.25, 0.3) is 5.70 Å². The lowest BCUT2D eigenvalue weighted by Crippen LogP contribution is -2.31. The van der Waals surface area contributed by atoms with Gasteiger partial charge in [-0.15, -0.1) is 0 Å². The summed E-state index contributed by atoms with van der Waals surface area (Å²) >= 11 is 5.37. The van der Waals surface area contributed by atoms with E-state index in [4.69, 9.17) is 28.4 Å². The van der Waals surface area contributed by atoms with E-state index in [1.54, 1.807) is 25.3 Å². The number of nitrogens with one attached hydrogen (secondary N) is 2. The second-order valence-electron chi connectivity index (χ2n) is 8.53. The molecule has 0 bridgehead atoms. The van der Waals surface area contributed by atoms with Crippen LogP contribution in [-0.4, -0.2) is 22.1 Å². The van der Waals surface area contributed by atoms with Gasteiger partial charge >= 0.3 is 12.4 Å². The number of unbranched alkanes of at least 4 members (excludes halogenated alkanes) is 1. The predicted octanol–water partition coefficient (Wildman–Crippen LogP) is 6.93. The molecule has 0 fully saturated rings. The van der Waals surface area contributed by atoms with Crippen LogP contribution in [0.4, 0.5) is 43.4 Å². The van der Waals surface area contributed by atoms with Crippen molar-refractivity contribution in [1.29, 1.82) is 0 Å². The number of alkyl halides is 6. The van der Waals surface area contributed by atoms with Gasteiger partial charge in [0.1, 0.15) is 17.2 Å². The number of halogens is 6. The van der Waals surface area contributed by atoms with E-state index in [-0.39, 0.29) is 28.1 Å². The van der Waals surface area contributed by atoms with Gasteiger partial charge in [-0.3, -0.25) is 0 Å². The van der Waals surface area contributed by atoms with E-state index >= 15 is 0 Å². The summed E-state index contributed by atoms with van der Waals surface area (Å²) in [6, 6.07) is 9.15. The molecule has 6 N–H and O–H groups in total. The second-order valence-corrected chi connectivity index (χ2v) is 8.91. The Hall–Kier alpha value is -4.20. The summed E-state index contributed by atoms with van der Waals surface area (Å²) in [5.74, 6) is 0.422. The van der Waals surface area contributed by atoms with Crippen LogP contribution in [-0.2, 0) is 12.4 Å². The number of rotatable bonds is 8. The molecule has 0 aliphatic carbocycles. The highest BCUT2D eigenvalue weighted by atomic mass is 32.1. The highest BCUT2D eigenvalue weighted by Crippen LogP contribution is 2.32. The fourth-order valence-electron chi connectivity index (χ4n) is 3.35. The van der Waals surface area contributed by atoms with Crippen LogP contribution in [0.5, 0.6) is 5.75 Å². The SMILES string of the molecule is CCC/C=C(\C=C(/N)c1ncc(C(F)(F)F)[nH]1)Oc1ccc(N(C)C(=S)Nc2ccc(C(F)(F)F)cc2)c(N)c1. The number of nitrogens with two attached hydrogens (primary N) is 2. The second kappa shape index (κ2) is 12.3. The number of allylic oxidation sites excluding steroid dienone is 2. The van der Waals surface area contributed by atoms with Crippen molar-refractivity contribution < 1.29 is 31.1 Å². The van der Waals surface area contributed by atoms with Crippen LogP contribution in [0.2, 0.25) is 0 Å². The molecule has 0 aliphatic rings. The maximum atomic E-state index is 12.9. The molecule has 3 aromatic rings. The van der Waals surface area contributed by atoms with Crippen LogP contribution >= 0.6 is 12.2 Å². The monoisotopic (exact) mass is 584 g/mol. The van der Waals surface area contributed by atoms with Crippen LogP contribution in [0.3, 0.4) is 0 Å². The van der Waals surface area contributed by atoms with Gasteiger partial charge in [0.05, 0.1) is 28.8 Å². The maximum Gasteiger partial charge on any atom is 0.432 e. The Labute approximate surface area is 231 Å². The Morgan fingerprint density at radius 3 is 2.33 bits per heavy atom. The third-order valence-corrected chi connectivity index (χ3v) is 5.83. The van der Waals surface area contributed by atoms with Gasteiger partial charge in [0.15, 0.2) is 10.9 Å². The molecule has 1 heterocycles. The largest absolute Gasteiger partial charge is 0.458 e. The van der Waals surface area contributed by atoms with Crippen molar-refractivity contribution in [3.05, 3.63) is 83.7 Å². The lowest BCUT2D eigenvalue weighted by atomic mass is 10.2. The molecule has 7 nitrogen and oxygen atoms in total. The van der Waals surface area contributed by atoms with Gasteiger partial charge < -0.3 is 31.4 Å². The smallest absolute Gasteiger partial charge is 0.432 e. The lowest BCUT2D eigenvalue weighted by molar-refractivity contribution is -0.141. The number of nitrogens with zero attached hydrogens (tertiary/aromatic N) is 2. The molecule has 214 valence electrons. The fraction of sp³-hybridized carbons (Fsp3) is 0.231. The van der Waals surface area contributed by atoms with Gasteiger partial charge in [-0.05, 0) is 61.1 Å². The van der Waals surface area contributed by atoms with Gasteiger partial charge in [0.25, 0.3) is 0 Å². The molecule has 0 unspecified atom stereocenters. The van der Waals surface area contributed by atoms with Crippen molar-refractivity contribution in [3.63, 3.8) is 0 Å². The molecular formula is C26H26F6N6OS. The summed E-state index contributed by atoms with van der Waals surface area (Å²) in [5.41, 5.74) is 11.4. The van der Waals surface area contributed by atoms with Crippen LogP contribution in [0.15, 0.2) is 66.6 Å². The molecule has 40 heavy (non-hydrogen) atoms. The number of nitrogen functional groups attached to an aromatic ring is 1. The number of aromatic amines is 1. The Kier molecular flexibility index (Phi) is 9.35. The molecule has 0 atom stereocenters. The summed E-state index contributed by atoms with van der Waals surface area (Å²) in [6.45, 7) is 1.94. The van der Waals surface area contributed by atoms with Crippen molar-refractivity contribution in [2.75, 3.05) is 23.0 Å². The third-order valence-electron chi connectivity index (χ3n) is 5.45. The number of imidazole rings is 1. The summed E-state index contributed by atoms with van der Waals surface area (Å²) in [5, 5.41) is 3.03. The topological polar surface area (TPSA) is 105 Å². The molecule has 2 aromatic carbocycles. The summed E-state index contributed by atoms with van der Waals surface area (Å²) < 4.78 is 82.9. The van der Waals surface area contributed by atoms with E-state index in [9.17, 15) is 26.3 Å². The first-order valence-corrected chi connectivity index (χ1v) is 12.2. The first-order chi connectivity index (χ1) is 18.7. The fourth-order valence-corrected chi connectivity index (χ4v) is 3.56. The van der Waals surface area contributed by atoms with Gasteiger partial charge in [-0.25, -0.2) is 4.98 Å². The van der Waals surface area contributed by atoms with E-state index < -0.39 is 23.6 Å². The van der Waals surface area contributed by atoms with E-state index in [0.717, 1.165) is 18.6 Å². The Morgan fingerprint density at radius 2 is 1.77 bits per heavy atom. The number of ether oxygens (including phenoxy) is 1. The lowest BCUT2D eigenvalue weighted by Gasteiger charge is -2.23. The zero-order valence-corrected chi connectivity index (χ0v) is 22.1. The van der Waals surface area contributed by atoms with Crippen molar-refractivity contribution in [2.45, 2.75) is 32.1 Å². The number of aromatic nitrogens is 2. The van der Waals surface area contributed by atoms with E-state index in [1.165, 1.54) is 29.2 Å². The van der Waals surface area contributed by atoms with Gasteiger partial charge in [0.2, 0.25) is 0 Å². The highest BCUT2D eigenvalue weighted by molar-refractivity contribution is 7.80. The standard InChI is InChI=1S/C26H26F6N6OS/c1-3-4-5-17(13-20(34)23-35-14-22(37-23)26(30,31)32)39-18-10-11-21(19(33)12-18)38(2)24(40)36-16-8-6-15(7-9-16)25(27,28)29/h5-14H,3-4,33-34H2,1-2H3,(H,35,37)(H,36,40)/b17-5+,20-13-. The molecule has 0 aliphatic heterocycles. The number of H-pyrrole nitrogens is 1. The average molecular weight is 585 g/mol. The summed E-state index contributed by atoms with van der Waals surface area (Å²) in [7, 11) is 1.63. The molecule has 0 amide bonds. The number of hydrogen-bond acceptors (Lipinski definition) is 5. The maximum absolute atomic E-state index is 12.9. The first-order valence-electron chi connectivity index (χ1n) is 11.8. The molecular weight excluding hydrogens is 558 g/mol. The van der Waals surface area contributed by atoms with E-state index in [1.807, 2.05) is 6.92 Å². The van der Waals surface area contributed by atoms with Gasteiger partial charge in [-0.2, -0.15) is 26.3 Å². The number of hydrogen-bond donors (Lipinski definition) is 4. The molecule has 1 aromatic heterocycles. The van der Waals surface area contributed by atoms with Crippen molar-refractivity contribution in [3.8, 4) is 5.75 Å². The number of anilines is 3. The molecule has 0 saturated carbocycles. The van der Waals surface area contributed by atoms with Crippen molar-refractivity contribution in [1.82, 2.24) is 9.97 Å². The van der Waals surface area contributed by atoms with Crippen molar-refractivity contribution >= 4 is 40.1 Å². The zero-order valence-electron chi connectivity index (χ0n) is 21.3. The third kappa shape index (κ3) is 7.91. The summed E-state index contributed by atoms with van der Waals surface area (Å²) in [6.07, 6.45) is -3.94. The Balaban J connectivity index is 1.74. The zero-order chi connectivity index (χ0) is 29.7. The first kappa shape index (κ1) is 30.3. The van der Waals surface area contributed by atoms with Crippen LogP contribution in [0.1, 0.15) is 36.8 Å².